The predicted octanol–water partition coefficient (Wildman–Crippen LogP) is 2.52. The third-order valence-corrected chi connectivity index (χ3v) is 5.18. The molecule has 3 heterocycles. The van der Waals surface area contributed by atoms with E-state index in [1.54, 1.807) is 11.3 Å². The van der Waals surface area contributed by atoms with Gasteiger partial charge in [-0.25, -0.2) is 4.79 Å². The van der Waals surface area contributed by atoms with Crippen molar-refractivity contribution < 1.29 is 23.1 Å². The molecule has 0 aliphatic carbocycles. The summed E-state index contributed by atoms with van der Waals surface area (Å²) in [4.78, 5) is 11.2. The second kappa shape index (κ2) is 9.82. The molecule has 28 heavy (non-hydrogen) atoms. The third-order valence-electron chi connectivity index (χ3n) is 4.28. The molecule has 0 atom stereocenters. The smallest absolute Gasteiger partial charge is 0.475 e. The molecule has 1 aliphatic heterocycles. The molecule has 0 aromatic carbocycles. The van der Waals surface area contributed by atoms with Gasteiger partial charge in [0.15, 0.2) is 0 Å². The van der Waals surface area contributed by atoms with E-state index in [1.807, 2.05) is 13.1 Å². The van der Waals surface area contributed by atoms with E-state index >= 15 is 0 Å². The second-order valence-corrected chi connectivity index (χ2v) is 7.44. The van der Waals surface area contributed by atoms with Crippen LogP contribution in [0.5, 0.6) is 0 Å². The number of aromatic amines is 1. The lowest BCUT2D eigenvalue weighted by Gasteiger charge is -2.31. The molecule has 1 aliphatic rings. The molecule has 12 heteroatoms. The van der Waals surface area contributed by atoms with E-state index in [-0.39, 0.29) is 0 Å². The topological polar surface area (TPSA) is 107 Å². The van der Waals surface area contributed by atoms with Gasteiger partial charge in [0.2, 0.25) is 5.13 Å². The van der Waals surface area contributed by atoms with Crippen molar-refractivity contribution in [3.63, 3.8) is 0 Å². The maximum atomic E-state index is 10.6. The fourth-order valence-electron chi connectivity index (χ4n) is 2.73. The van der Waals surface area contributed by atoms with E-state index in [0.29, 0.717) is 6.04 Å². The van der Waals surface area contributed by atoms with Gasteiger partial charge in [-0.1, -0.05) is 18.3 Å². The van der Waals surface area contributed by atoms with Crippen LogP contribution < -0.4 is 10.2 Å². The third kappa shape index (κ3) is 6.44. The number of aliphatic carboxylic acids is 1. The Balaban J connectivity index is 0.000000345. The zero-order chi connectivity index (χ0) is 20.7. The first kappa shape index (κ1) is 22.1. The summed E-state index contributed by atoms with van der Waals surface area (Å²) >= 11 is 1.68. The van der Waals surface area contributed by atoms with Gasteiger partial charge in [0.25, 0.3) is 0 Å². The Kier molecular flexibility index (Phi) is 7.75. The fourth-order valence-corrected chi connectivity index (χ4v) is 3.47. The fraction of sp³-hybridized carbons (Fsp3) is 0.625. The first-order valence-electron chi connectivity index (χ1n) is 8.80. The summed E-state index contributed by atoms with van der Waals surface area (Å²) in [6.45, 7) is 7.15. The van der Waals surface area contributed by atoms with Gasteiger partial charge < -0.3 is 15.3 Å². The SMILES string of the molecule is CCc1cn[nH]c1CNC1CCN(c2nnc(C)s2)CC1.O=C(O)C(F)(F)F. The van der Waals surface area contributed by atoms with Crippen LogP contribution in [0.2, 0.25) is 0 Å². The molecule has 0 radical (unpaired) electrons. The largest absolute Gasteiger partial charge is 0.490 e. The maximum Gasteiger partial charge on any atom is 0.490 e. The summed E-state index contributed by atoms with van der Waals surface area (Å²) in [6.07, 6.45) is 0.169. The van der Waals surface area contributed by atoms with Crippen LogP contribution in [-0.4, -0.2) is 56.8 Å². The number of nitrogens with zero attached hydrogens (tertiary/aromatic N) is 4. The summed E-state index contributed by atoms with van der Waals surface area (Å²) in [6, 6.07) is 0.572. The average Bonchev–Trinajstić information content (AvgIpc) is 3.28. The average molecular weight is 420 g/mol. The van der Waals surface area contributed by atoms with Crippen molar-refractivity contribution >= 4 is 22.4 Å². The number of aryl methyl sites for hydroxylation is 2. The van der Waals surface area contributed by atoms with Crippen molar-refractivity contribution in [3.8, 4) is 0 Å². The molecule has 0 saturated carbocycles. The Labute approximate surface area is 164 Å². The normalized spacial score (nSPS) is 15.2. The zero-order valence-electron chi connectivity index (χ0n) is 15.6. The molecule has 2 aromatic heterocycles. The van der Waals surface area contributed by atoms with Crippen molar-refractivity contribution in [1.82, 2.24) is 25.7 Å². The predicted molar refractivity (Wildman–Crippen MR) is 98.4 cm³/mol. The van der Waals surface area contributed by atoms with Crippen LogP contribution in [0.1, 0.15) is 36.0 Å². The number of piperidine rings is 1. The summed E-state index contributed by atoms with van der Waals surface area (Å²) in [7, 11) is 0. The number of hydrogen-bond acceptors (Lipinski definition) is 7. The van der Waals surface area contributed by atoms with Gasteiger partial charge >= 0.3 is 12.1 Å². The zero-order valence-corrected chi connectivity index (χ0v) is 16.4. The maximum absolute atomic E-state index is 10.6. The lowest BCUT2D eigenvalue weighted by Crippen LogP contribution is -2.42. The van der Waals surface area contributed by atoms with Gasteiger partial charge in [0.05, 0.1) is 11.9 Å². The van der Waals surface area contributed by atoms with Crippen molar-refractivity contribution in [2.75, 3.05) is 18.0 Å². The number of carboxylic acids is 1. The molecule has 0 bridgehead atoms. The highest BCUT2D eigenvalue weighted by Gasteiger charge is 2.38. The van der Waals surface area contributed by atoms with E-state index in [2.05, 4.69) is 37.5 Å². The summed E-state index contributed by atoms with van der Waals surface area (Å²) in [5.41, 5.74) is 2.53. The van der Waals surface area contributed by atoms with Crippen LogP contribution >= 0.6 is 11.3 Å². The Bertz CT molecular complexity index is 756. The number of H-pyrrole nitrogens is 1. The molecule has 2 aromatic rings. The highest BCUT2D eigenvalue weighted by molar-refractivity contribution is 7.15. The number of hydrogen-bond donors (Lipinski definition) is 3. The Morgan fingerprint density at radius 1 is 1.39 bits per heavy atom. The Hall–Kier alpha value is -2.21. The molecule has 8 nitrogen and oxygen atoms in total. The number of aromatic nitrogens is 4. The molecule has 1 fully saturated rings. The molecule has 0 spiro atoms. The minimum Gasteiger partial charge on any atom is -0.475 e. The van der Waals surface area contributed by atoms with Gasteiger partial charge in [0, 0.05) is 25.7 Å². The van der Waals surface area contributed by atoms with Crippen LogP contribution in [-0.2, 0) is 17.8 Å². The van der Waals surface area contributed by atoms with Crippen LogP contribution in [0, 0.1) is 6.92 Å². The van der Waals surface area contributed by atoms with Crippen molar-refractivity contribution in [3.05, 3.63) is 22.5 Å². The lowest BCUT2D eigenvalue weighted by molar-refractivity contribution is -0.192. The number of alkyl halides is 3. The highest BCUT2D eigenvalue weighted by Crippen LogP contribution is 2.23. The molecule has 3 rings (SSSR count). The first-order valence-corrected chi connectivity index (χ1v) is 9.62. The summed E-state index contributed by atoms with van der Waals surface area (Å²) in [5, 5.41) is 28.4. The quantitative estimate of drug-likeness (QED) is 0.682. The summed E-state index contributed by atoms with van der Waals surface area (Å²) < 4.78 is 31.7. The van der Waals surface area contributed by atoms with Gasteiger partial charge in [-0.05, 0) is 31.7 Å². The van der Waals surface area contributed by atoms with E-state index in [1.165, 1.54) is 11.3 Å². The van der Waals surface area contributed by atoms with Crippen LogP contribution in [0.15, 0.2) is 6.20 Å². The van der Waals surface area contributed by atoms with Gasteiger partial charge in [-0.15, -0.1) is 10.2 Å². The highest BCUT2D eigenvalue weighted by atomic mass is 32.1. The number of halogens is 3. The summed E-state index contributed by atoms with van der Waals surface area (Å²) in [5.74, 6) is -2.76. The van der Waals surface area contributed by atoms with Crippen LogP contribution in [0.4, 0.5) is 18.3 Å². The van der Waals surface area contributed by atoms with Gasteiger partial charge in [-0.2, -0.15) is 18.3 Å². The first-order chi connectivity index (χ1) is 13.2. The van der Waals surface area contributed by atoms with Crippen molar-refractivity contribution in [1.29, 1.82) is 0 Å². The van der Waals surface area contributed by atoms with Gasteiger partial charge in [0.1, 0.15) is 5.01 Å². The number of carbonyl (C=O) groups is 1. The molecular weight excluding hydrogens is 397 g/mol. The van der Waals surface area contributed by atoms with E-state index in [9.17, 15) is 13.2 Å². The second-order valence-electron chi connectivity index (χ2n) is 6.28. The monoisotopic (exact) mass is 420 g/mol. The molecule has 0 unspecified atom stereocenters. The number of anilines is 1. The number of nitrogens with one attached hydrogen (secondary N) is 2. The molecule has 0 amide bonds. The van der Waals surface area contributed by atoms with Crippen LogP contribution in [0.25, 0.3) is 0 Å². The molecular formula is C16H23F3N6O2S. The minimum absolute atomic E-state index is 0.572. The van der Waals surface area contributed by atoms with E-state index in [0.717, 1.165) is 49.0 Å². The molecule has 1 saturated heterocycles. The number of rotatable bonds is 5. The van der Waals surface area contributed by atoms with Crippen molar-refractivity contribution in [2.45, 2.75) is 51.9 Å². The van der Waals surface area contributed by atoms with Gasteiger partial charge in [-0.3, -0.25) is 5.10 Å². The van der Waals surface area contributed by atoms with E-state index < -0.39 is 12.1 Å². The Morgan fingerprint density at radius 2 is 2.04 bits per heavy atom. The number of carboxylic acid groups (broad SMARTS) is 1. The van der Waals surface area contributed by atoms with Crippen LogP contribution in [0.3, 0.4) is 0 Å². The molecule has 3 N–H and O–H groups in total. The van der Waals surface area contributed by atoms with E-state index in [4.69, 9.17) is 9.90 Å². The van der Waals surface area contributed by atoms with Crippen molar-refractivity contribution in [2.24, 2.45) is 0 Å². The molecule has 156 valence electrons. The lowest BCUT2D eigenvalue weighted by atomic mass is 10.1. The Morgan fingerprint density at radius 3 is 2.54 bits per heavy atom. The standard InChI is InChI=1S/C14H22N6S.C2HF3O2/c1-3-11-8-16-18-13(11)9-15-12-4-6-20(7-5-12)14-19-17-10(2)21-14;3-2(4,5)1(6)7/h8,12,15H,3-7,9H2,1-2H3,(H,16,18);(H,6,7). The minimum atomic E-state index is -5.08.